The second-order valence-electron chi connectivity index (χ2n) is 3.11. The molecule has 0 heterocycles. The number of hydrogen-bond acceptors (Lipinski definition) is 0. The van der Waals surface area contributed by atoms with E-state index in [9.17, 15) is 8.78 Å². The van der Waals surface area contributed by atoms with E-state index in [1.54, 1.807) is 0 Å². The third-order valence-electron chi connectivity index (χ3n) is 2.12. The smallest absolute Gasteiger partial charge is 0.207 e. The Kier molecular flexibility index (Phi) is 2.27. The van der Waals surface area contributed by atoms with Gasteiger partial charge in [0.2, 0.25) is 5.92 Å². The highest BCUT2D eigenvalue weighted by Gasteiger charge is 2.38. The van der Waals surface area contributed by atoms with Gasteiger partial charge < -0.3 is 0 Å². The largest absolute Gasteiger partial charge is 0.248 e. The summed E-state index contributed by atoms with van der Waals surface area (Å²) >= 11 is 0. The van der Waals surface area contributed by atoms with E-state index >= 15 is 0 Å². The zero-order valence-corrected chi connectivity index (χ0v) is 6.08. The summed E-state index contributed by atoms with van der Waals surface area (Å²) in [5.74, 6) is -2.12. The first-order valence-electron chi connectivity index (χ1n) is 3.81. The lowest BCUT2D eigenvalue weighted by Gasteiger charge is -2.08. The molecule has 0 aromatic rings. The minimum atomic E-state index is -2.36. The zero-order valence-electron chi connectivity index (χ0n) is 6.08. The Balaban J connectivity index is 2.29. The molecule has 1 fully saturated rings. The van der Waals surface area contributed by atoms with E-state index in [4.69, 9.17) is 0 Å². The first kappa shape index (κ1) is 7.96. The molecular formula is C8H13F2. The van der Waals surface area contributed by atoms with Crippen LogP contribution in [0.15, 0.2) is 0 Å². The fourth-order valence-electron chi connectivity index (χ4n) is 1.58. The first-order chi connectivity index (χ1) is 4.64. The molecule has 1 saturated carbocycles. The van der Waals surface area contributed by atoms with Crippen LogP contribution in [0.5, 0.6) is 0 Å². The number of halogens is 2. The van der Waals surface area contributed by atoms with Crippen molar-refractivity contribution >= 4 is 0 Å². The molecule has 0 amide bonds. The van der Waals surface area contributed by atoms with Gasteiger partial charge in [-0.15, -0.1) is 0 Å². The van der Waals surface area contributed by atoms with Crippen molar-refractivity contribution in [2.24, 2.45) is 5.92 Å². The van der Waals surface area contributed by atoms with E-state index < -0.39 is 5.92 Å². The van der Waals surface area contributed by atoms with Crippen molar-refractivity contribution in [1.82, 2.24) is 0 Å². The average molecular weight is 147 g/mol. The summed E-state index contributed by atoms with van der Waals surface area (Å²) in [7, 11) is 0. The van der Waals surface area contributed by atoms with Gasteiger partial charge in [0.05, 0.1) is 0 Å². The minimum absolute atomic E-state index is 0.0949. The van der Waals surface area contributed by atoms with Gasteiger partial charge in [-0.05, 0) is 12.3 Å². The number of rotatable bonds is 2. The van der Waals surface area contributed by atoms with Crippen LogP contribution in [0.3, 0.4) is 0 Å². The van der Waals surface area contributed by atoms with Crippen LogP contribution in [-0.4, -0.2) is 5.92 Å². The van der Waals surface area contributed by atoms with E-state index in [0.717, 1.165) is 12.8 Å². The normalized spacial score (nSPS) is 30.9. The van der Waals surface area contributed by atoms with Crippen molar-refractivity contribution in [1.29, 1.82) is 0 Å². The lowest BCUT2D eigenvalue weighted by atomic mass is 10.0. The third kappa shape index (κ3) is 1.93. The summed E-state index contributed by atoms with van der Waals surface area (Å²) in [4.78, 5) is 0. The second-order valence-corrected chi connectivity index (χ2v) is 3.11. The van der Waals surface area contributed by atoms with Crippen LogP contribution in [-0.2, 0) is 0 Å². The Morgan fingerprint density at radius 3 is 2.60 bits per heavy atom. The van der Waals surface area contributed by atoms with Crippen molar-refractivity contribution in [3.8, 4) is 0 Å². The summed E-state index contributed by atoms with van der Waals surface area (Å²) in [5, 5.41) is 0. The highest BCUT2D eigenvalue weighted by molar-refractivity contribution is 4.81. The van der Waals surface area contributed by atoms with Crippen molar-refractivity contribution in [2.75, 3.05) is 0 Å². The molecule has 1 aliphatic carbocycles. The van der Waals surface area contributed by atoms with Crippen molar-refractivity contribution in [2.45, 2.75) is 38.0 Å². The predicted molar refractivity (Wildman–Crippen MR) is 36.9 cm³/mol. The van der Waals surface area contributed by atoms with Crippen molar-refractivity contribution in [3.05, 3.63) is 6.92 Å². The van der Waals surface area contributed by atoms with Crippen molar-refractivity contribution in [3.63, 3.8) is 0 Å². The van der Waals surface area contributed by atoms with Gasteiger partial charge >= 0.3 is 0 Å². The Labute approximate surface area is 60.6 Å². The molecule has 0 N–H and O–H groups in total. The molecule has 1 unspecified atom stereocenters. The van der Waals surface area contributed by atoms with Gasteiger partial charge in [0, 0.05) is 12.8 Å². The fraction of sp³-hybridized carbons (Fsp3) is 0.875. The molecule has 0 aromatic heterocycles. The second kappa shape index (κ2) is 2.85. The molecule has 10 heavy (non-hydrogen) atoms. The molecule has 1 aliphatic rings. The Morgan fingerprint density at radius 2 is 2.20 bits per heavy atom. The van der Waals surface area contributed by atoms with Gasteiger partial charge in [0.15, 0.2) is 0 Å². The van der Waals surface area contributed by atoms with E-state index in [1.165, 1.54) is 0 Å². The molecule has 0 nitrogen and oxygen atoms in total. The third-order valence-corrected chi connectivity index (χ3v) is 2.12. The van der Waals surface area contributed by atoms with Crippen LogP contribution in [0.2, 0.25) is 0 Å². The Hall–Kier alpha value is -0.140. The van der Waals surface area contributed by atoms with Gasteiger partial charge in [0.25, 0.3) is 0 Å². The molecule has 1 rings (SSSR count). The molecule has 1 radical (unpaired) electrons. The molecule has 0 aromatic carbocycles. The highest BCUT2D eigenvalue weighted by atomic mass is 19.3. The molecule has 59 valence electrons. The highest BCUT2D eigenvalue weighted by Crippen LogP contribution is 2.40. The maximum Gasteiger partial charge on any atom is 0.248 e. The summed E-state index contributed by atoms with van der Waals surface area (Å²) in [6.45, 7) is 3.65. The van der Waals surface area contributed by atoms with Gasteiger partial charge in [0.1, 0.15) is 0 Å². The van der Waals surface area contributed by atoms with E-state index in [0.29, 0.717) is 6.42 Å². The summed E-state index contributed by atoms with van der Waals surface area (Å²) in [6.07, 6.45) is 2.55. The SMILES string of the molecule is [CH2]CCC1CCC(F)(F)C1. The van der Waals surface area contributed by atoms with E-state index in [1.807, 2.05) is 0 Å². The first-order valence-corrected chi connectivity index (χ1v) is 3.81. The number of alkyl halides is 2. The summed E-state index contributed by atoms with van der Waals surface area (Å²) < 4.78 is 25.0. The Morgan fingerprint density at radius 1 is 1.50 bits per heavy atom. The van der Waals surface area contributed by atoms with Crippen LogP contribution in [0, 0.1) is 12.8 Å². The molecule has 0 spiro atoms. The van der Waals surface area contributed by atoms with Gasteiger partial charge in [-0.1, -0.05) is 19.8 Å². The van der Waals surface area contributed by atoms with E-state index in [-0.39, 0.29) is 18.8 Å². The zero-order chi connectivity index (χ0) is 7.61. The average Bonchev–Trinajstić information content (AvgIpc) is 2.12. The molecule has 0 aliphatic heterocycles. The topological polar surface area (TPSA) is 0 Å². The minimum Gasteiger partial charge on any atom is -0.207 e. The van der Waals surface area contributed by atoms with E-state index in [2.05, 4.69) is 6.92 Å². The monoisotopic (exact) mass is 147 g/mol. The fourth-order valence-corrected chi connectivity index (χ4v) is 1.58. The molecule has 1 atom stereocenters. The standard InChI is InChI=1S/C8H13F2/c1-2-3-7-4-5-8(9,10)6-7/h7H,1-6H2. The Bertz CT molecular complexity index is 110. The van der Waals surface area contributed by atoms with Crippen molar-refractivity contribution < 1.29 is 8.78 Å². The molecule has 2 heteroatoms. The van der Waals surface area contributed by atoms with Crippen LogP contribution < -0.4 is 0 Å². The van der Waals surface area contributed by atoms with Crippen LogP contribution in [0.1, 0.15) is 32.1 Å². The quantitative estimate of drug-likeness (QED) is 0.563. The maximum atomic E-state index is 12.5. The molecule has 0 bridgehead atoms. The number of hydrogen-bond donors (Lipinski definition) is 0. The lowest BCUT2D eigenvalue weighted by Crippen LogP contribution is -2.09. The summed E-state index contributed by atoms with van der Waals surface area (Å²) in [6, 6.07) is 0. The predicted octanol–water partition coefficient (Wildman–Crippen LogP) is 3.04. The lowest BCUT2D eigenvalue weighted by molar-refractivity contribution is 0.00476. The molecular weight excluding hydrogens is 134 g/mol. The summed E-state index contributed by atoms with van der Waals surface area (Å²) in [5.41, 5.74) is 0. The van der Waals surface area contributed by atoms with Gasteiger partial charge in [-0.3, -0.25) is 0 Å². The van der Waals surface area contributed by atoms with Crippen LogP contribution in [0.4, 0.5) is 8.78 Å². The van der Waals surface area contributed by atoms with Crippen LogP contribution >= 0.6 is 0 Å². The van der Waals surface area contributed by atoms with Crippen LogP contribution in [0.25, 0.3) is 0 Å². The van der Waals surface area contributed by atoms with Gasteiger partial charge in [-0.25, -0.2) is 8.78 Å². The maximum absolute atomic E-state index is 12.5. The van der Waals surface area contributed by atoms with Gasteiger partial charge in [-0.2, -0.15) is 0 Å². The molecule has 0 saturated heterocycles.